The van der Waals surface area contributed by atoms with E-state index in [9.17, 15) is 19.5 Å². The molecule has 4 amide bonds. The lowest BCUT2D eigenvalue weighted by Crippen LogP contribution is -2.52. The summed E-state index contributed by atoms with van der Waals surface area (Å²) in [4.78, 5) is 43.3. The van der Waals surface area contributed by atoms with E-state index < -0.39 is 5.97 Å². The summed E-state index contributed by atoms with van der Waals surface area (Å²) < 4.78 is 0. The molecule has 4 N–H and O–H groups in total. The second-order valence-corrected chi connectivity index (χ2v) is 8.16. The lowest BCUT2D eigenvalue weighted by atomic mass is 9.96. The van der Waals surface area contributed by atoms with Gasteiger partial charge in [-0.25, -0.2) is 9.59 Å². The molecule has 0 radical (unpaired) electrons. The summed E-state index contributed by atoms with van der Waals surface area (Å²) in [7, 11) is 0. The fourth-order valence-corrected chi connectivity index (χ4v) is 4.16. The first-order chi connectivity index (χ1) is 15.9. The van der Waals surface area contributed by atoms with Crippen molar-refractivity contribution in [3.63, 3.8) is 0 Å². The summed E-state index contributed by atoms with van der Waals surface area (Å²) in [5.74, 6) is -0.665. The number of carbonyl (C=O) groups is 3. The minimum Gasteiger partial charge on any atom is -0.481 e. The van der Waals surface area contributed by atoms with Gasteiger partial charge in [0.2, 0.25) is 0 Å². The van der Waals surface area contributed by atoms with Gasteiger partial charge in [-0.1, -0.05) is 43.3 Å². The van der Waals surface area contributed by atoms with Crippen LogP contribution in [0.3, 0.4) is 0 Å². The number of benzene rings is 2. The van der Waals surface area contributed by atoms with Crippen molar-refractivity contribution in [2.24, 2.45) is 0 Å². The van der Waals surface area contributed by atoms with E-state index in [1.165, 1.54) is 0 Å². The molecule has 9 nitrogen and oxygen atoms in total. The maximum atomic E-state index is 13.0. The number of nitrogens with zero attached hydrogens (tertiary/aromatic N) is 2. The molecule has 2 heterocycles. The normalized spacial score (nSPS) is 14.7. The highest BCUT2D eigenvalue weighted by molar-refractivity contribution is 5.97. The Bertz CT molecular complexity index is 1150. The number of carboxylic acid groups (broad SMARTS) is 1. The Morgan fingerprint density at radius 3 is 2.12 bits per heavy atom. The van der Waals surface area contributed by atoms with Crippen molar-refractivity contribution >= 4 is 40.4 Å². The molecule has 1 aliphatic rings. The zero-order valence-electron chi connectivity index (χ0n) is 18.4. The molecule has 3 aromatic rings. The third-order valence-electron chi connectivity index (χ3n) is 5.83. The standard InChI is InChI=1S/C24H27N5O4/c1-16(15-20(30)31)21-18-9-5-6-10-19(18)26-22(21)27-24(33)29-13-11-28(12-14-29)23(32)25-17-7-3-2-4-8-17/h2-10,16,26H,11-15H2,1H3,(H,25,32)(H,27,33)(H,30,31). The number of hydrogen-bond donors (Lipinski definition) is 4. The molecule has 0 spiro atoms. The number of aromatic nitrogens is 1. The van der Waals surface area contributed by atoms with Crippen LogP contribution < -0.4 is 10.6 Å². The number of hydrogen-bond acceptors (Lipinski definition) is 3. The van der Waals surface area contributed by atoms with Crippen LogP contribution >= 0.6 is 0 Å². The number of rotatable bonds is 5. The minimum atomic E-state index is -0.894. The Morgan fingerprint density at radius 1 is 0.909 bits per heavy atom. The molecule has 0 bridgehead atoms. The third kappa shape index (κ3) is 5.08. The van der Waals surface area contributed by atoms with Gasteiger partial charge in [0.15, 0.2) is 0 Å². The first kappa shape index (κ1) is 22.2. The number of piperazine rings is 1. The van der Waals surface area contributed by atoms with Gasteiger partial charge in [0.25, 0.3) is 0 Å². The van der Waals surface area contributed by atoms with Crippen molar-refractivity contribution in [1.82, 2.24) is 14.8 Å². The Hall–Kier alpha value is -4.01. The minimum absolute atomic E-state index is 0.0417. The summed E-state index contributed by atoms with van der Waals surface area (Å²) in [5.41, 5.74) is 2.34. The fourth-order valence-electron chi connectivity index (χ4n) is 4.16. The van der Waals surface area contributed by atoms with Crippen LogP contribution in [0.25, 0.3) is 10.9 Å². The molecule has 1 aliphatic heterocycles. The van der Waals surface area contributed by atoms with Gasteiger partial charge in [-0.3, -0.25) is 10.1 Å². The Balaban J connectivity index is 1.41. The first-order valence-electron chi connectivity index (χ1n) is 10.9. The van der Waals surface area contributed by atoms with Crippen LogP contribution in [-0.2, 0) is 4.79 Å². The van der Waals surface area contributed by atoms with E-state index >= 15 is 0 Å². The van der Waals surface area contributed by atoms with E-state index in [0.29, 0.717) is 32.0 Å². The van der Waals surface area contributed by atoms with Crippen LogP contribution in [0, 0.1) is 0 Å². The van der Waals surface area contributed by atoms with E-state index in [1.807, 2.05) is 61.5 Å². The van der Waals surface area contributed by atoms with Crippen LogP contribution in [-0.4, -0.2) is 64.1 Å². The average molecular weight is 450 g/mol. The number of aliphatic carboxylic acids is 1. The summed E-state index contributed by atoms with van der Waals surface area (Å²) in [6.07, 6.45) is -0.0417. The smallest absolute Gasteiger partial charge is 0.323 e. The summed E-state index contributed by atoms with van der Waals surface area (Å²) in [6.45, 7) is 3.47. The molecule has 1 aromatic heterocycles. The zero-order chi connectivity index (χ0) is 23.4. The van der Waals surface area contributed by atoms with E-state index in [2.05, 4.69) is 15.6 Å². The number of amides is 4. The molecule has 0 aliphatic carbocycles. The third-order valence-corrected chi connectivity index (χ3v) is 5.83. The molecular weight excluding hydrogens is 422 g/mol. The fraction of sp³-hybridized carbons (Fsp3) is 0.292. The summed E-state index contributed by atoms with van der Waals surface area (Å²) in [6, 6.07) is 16.3. The van der Waals surface area contributed by atoms with E-state index in [0.717, 1.165) is 22.2 Å². The molecule has 1 atom stereocenters. The van der Waals surface area contributed by atoms with Gasteiger partial charge in [-0.05, 0) is 24.1 Å². The second kappa shape index (κ2) is 9.64. The molecule has 1 fully saturated rings. The Labute approximate surface area is 191 Å². The highest BCUT2D eigenvalue weighted by Crippen LogP contribution is 2.34. The largest absolute Gasteiger partial charge is 0.481 e. The van der Waals surface area contributed by atoms with Crippen molar-refractivity contribution in [2.45, 2.75) is 19.3 Å². The SMILES string of the molecule is CC(CC(=O)O)c1c(NC(=O)N2CCN(C(=O)Nc3ccccc3)CC2)[nH]c2ccccc12. The lowest BCUT2D eigenvalue weighted by molar-refractivity contribution is -0.137. The molecule has 33 heavy (non-hydrogen) atoms. The van der Waals surface area contributed by atoms with Crippen LogP contribution in [0.4, 0.5) is 21.1 Å². The number of urea groups is 2. The monoisotopic (exact) mass is 449 g/mol. The second-order valence-electron chi connectivity index (χ2n) is 8.16. The number of para-hydroxylation sites is 2. The predicted molar refractivity (Wildman–Crippen MR) is 127 cm³/mol. The highest BCUT2D eigenvalue weighted by Gasteiger charge is 2.26. The predicted octanol–water partition coefficient (Wildman–Crippen LogP) is 4.13. The maximum Gasteiger partial charge on any atom is 0.323 e. The van der Waals surface area contributed by atoms with Crippen molar-refractivity contribution < 1.29 is 19.5 Å². The van der Waals surface area contributed by atoms with Gasteiger partial charge in [-0.2, -0.15) is 0 Å². The maximum absolute atomic E-state index is 13.0. The molecule has 2 aromatic carbocycles. The van der Waals surface area contributed by atoms with Gasteiger partial charge in [0.05, 0.1) is 6.42 Å². The summed E-state index contributed by atoms with van der Waals surface area (Å²) in [5, 5.41) is 15.9. The first-order valence-corrected chi connectivity index (χ1v) is 10.9. The van der Waals surface area contributed by atoms with E-state index in [1.54, 1.807) is 9.80 Å². The van der Waals surface area contributed by atoms with E-state index in [-0.39, 0.29) is 24.4 Å². The molecule has 172 valence electrons. The van der Waals surface area contributed by atoms with Gasteiger partial charge >= 0.3 is 18.0 Å². The lowest BCUT2D eigenvalue weighted by Gasteiger charge is -2.34. The van der Waals surface area contributed by atoms with E-state index in [4.69, 9.17) is 0 Å². The van der Waals surface area contributed by atoms with Gasteiger partial charge in [-0.15, -0.1) is 0 Å². The number of fused-ring (bicyclic) bond motifs is 1. The number of aromatic amines is 1. The number of H-pyrrole nitrogens is 1. The molecule has 1 saturated heterocycles. The van der Waals surface area contributed by atoms with Gasteiger partial charge in [0, 0.05) is 48.3 Å². The van der Waals surface area contributed by atoms with Gasteiger partial charge in [0.1, 0.15) is 5.82 Å². The van der Waals surface area contributed by atoms with Gasteiger partial charge < -0.3 is 25.2 Å². The quantitative estimate of drug-likeness (QED) is 0.468. The highest BCUT2D eigenvalue weighted by atomic mass is 16.4. The molecule has 4 rings (SSSR count). The molecule has 0 saturated carbocycles. The van der Waals surface area contributed by atoms with Crippen molar-refractivity contribution in [2.75, 3.05) is 36.8 Å². The van der Waals surface area contributed by atoms with Crippen molar-refractivity contribution in [3.05, 3.63) is 60.2 Å². The topological polar surface area (TPSA) is 118 Å². The van der Waals surface area contributed by atoms with Crippen LogP contribution in [0.5, 0.6) is 0 Å². The zero-order valence-corrected chi connectivity index (χ0v) is 18.4. The number of nitrogens with one attached hydrogen (secondary N) is 3. The summed E-state index contributed by atoms with van der Waals surface area (Å²) >= 11 is 0. The number of anilines is 2. The van der Waals surface area contributed by atoms with Crippen LogP contribution in [0.2, 0.25) is 0 Å². The number of carbonyl (C=O) groups excluding carboxylic acids is 2. The molecule has 1 unspecified atom stereocenters. The van der Waals surface area contributed by atoms with Crippen molar-refractivity contribution in [1.29, 1.82) is 0 Å². The Kier molecular flexibility index (Phi) is 6.48. The Morgan fingerprint density at radius 2 is 1.48 bits per heavy atom. The number of carboxylic acids is 1. The molecular formula is C24H27N5O4. The average Bonchev–Trinajstić information content (AvgIpc) is 3.17. The van der Waals surface area contributed by atoms with Crippen LogP contribution in [0.15, 0.2) is 54.6 Å². The van der Waals surface area contributed by atoms with Crippen LogP contribution in [0.1, 0.15) is 24.8 Å². The molecule has 9 heteroatoms. The van der Waals surface area contributed by atoms with Crippen molar-refractivity contribution in [3.8, 4) is 0 Å².